The summed E-state index contributed by atoms with van der Waals surface area (Å²) in [4.78, 5) is 20.7. The summed E-state index contributed by atoms with van der Waals surface area (Å²) in [7, 11) is 0. The average Bonchev–Trinajstić information content (AvgIpc) is 2.64. The Morgan fingerprint density at radius 1 is 1.04 bits per heavy atom. The van der Waals surface area contributed by atoms with Crippen LogP contribution in [-0.4, -0.2) is 15.9 Å². The standard InChI is InChI=1S/C19H17FN4O/c1-13(14-5-3-2-4-6-14)22-19-21-12-11-17(24-19)18(25)23-16-9-7-15(20)8-10-16/h2-13H,1H3,(H,23,25)(H,21,22,24). The van der Waals surface area contributed by atoms with E-state index in [0.29, 0.717) is 11.6 Å². The van der Waals surface area contributed by atoms with Crippen molar-refractivity contribution >= 4 is 17.5 Å². The molecule has 0 bridgehead atoms. The summed E-state index contributed by atoms with van der Waals surface area (Å²) in [6.07, 6.45) is 1.52. The third-order valence-electron chi connectivity index (χ3n) is 3.64. The molecule has 2 aromatic carbocycles. The van der Waals surface area contributed by atoms with Gasteiger partial charge in [0, 0.05) is 11.9 Å². The molecule has 1 atom stereocenters. The number of aromatic nitrogens is 2. The van der Waals surface area contributed by atoms with Gasteiger partial charge in [-0.15, -0.1) is 0 Å². The monoisotopic (exact) mass is 336 g/mol. The lowest BCUT2D eigenvalue weighted by Gasteiger charge is -2.14. The van der Waals surface area contributed by atoms with Crippen LogP contribution in [0, 0.1) is 5.82 Å². The highest BCUT2D eigenvalue weighted by Crippen LogP contribution is 2.16. The number of nitrogens with one attached hydrogen (secondary N) is 2. The van der Waals surface area contributed by atoms with Crippen LogP contribution in [0.2, 0.25) is 0 Å². The van der Waals surface area contributed by atoms with Crippen LogP contribution in [0.5, 0.6) is 0 Å². The fraction of sp³-hybridized carbons (Fsp3) is 0.105. The molecule has 0 saturated heterocycles. The first-order valence-electron chi connectivity index (χ1n) is 7.83. The van der Waals surface area contributed by atoms with E-state index in [2.05, 4.69) is 20.6 Å². The summed E-state index contributed by atoms with van der Waals surface area (Å²) in [5.41, 5.74) is 1.81. The second-order valence-corrected chi connectivity index (χ2v) is 5.50. The molecule has 0 spiro atoms. The molecule has 6 heteroatoms. The van der Waals surface area contributed by atoms with E-state index in [0.717, 1.165) is 5.56 Å². The fourth-order valence-electron chi connectivity index (χ4n) is 2.30. The Bertz CT molecular complexity index is 853. The maximum atomic E-state index is 12.9. The highest BCUT2D eigenvalue weighted by Gasteiger charge is 2.11. The SMILES string of the molecule is CC(Nc1nccc(C(=O)Nc2ccc(F)cc2)n1)c1ccccc1. The summed E-state index contributed by atoms with van der Waals surface area (Å²) < 4.78 is 12.9. The van der Waals surface area contributed by atoms with E-state index < -0.39 is 0 Å². The van der Waals surface area contributed by atoms with Crippen LogP contribution in [0.3, 0.4) is 0 Å². The molecule has 3 aromatic rings. The third kappa shape index (κ3) is 4.38. The number of carbonyl (C=O) groups excluding carboxylic acids is 1. The van der Waals surface area contributed by atoms with Crippen molar-refractivity contribution in [3.63, 3.8) is 0 Å². The zero-order valence-corrected chi connectivity index (χ0v) is 13.6. The van der Waals surface area contributed by atoms with E-state index in [-0.39, 0.29) is 23.5 Å². The Balaban J connectivity index is 1.70. The van der Waals surface area contributed by atoms with Crippen LogP contribution in [0.15, 0.2) is 66.9 Å². The topological polar surface area (TPSA) is 66.9 Å². The first-order valence-corrected chi connectivity index (χ1v) is 7.83. The predicted octanol–water partition coefficient (Wildman–Crippen LogP) is 4.04. The fourth-order valence-corrected chi connectivity index (χ4v) is 2.30. The van der Waals surface area contributed by atoms with Gasteiger partial charge in [0.2, 0.25) is 5.95 Å². The lowest BCUT2D eigenvalue weighted by molar-refractivity contribution is 0.102. The number of benzene rings is 2. The Morgan fingerprint density at radius 2 is 1.76 bits per heavy atom. The van der Waals surface area contributed by atoms with Gasteiger partial charge in [-0.05, 0) is 42.8 Å². The molecule has 126 valence electrons. The van der Waals surface area contributed by atoms with Crippen molar-refractivity contribution in [3.05, 3.63) is 83.9 Å². The molecule has 0 fully saturated rings. The van der Waals surface area contributed by atoms with Crippen molar-refractivity contribution in [2.75, 3.05) is 10.6 Å². The second-order valence-electron chi connectivity index (χ2n) is 5.50. The summed E-state index contributed by atoms with van der Waals surface area (Å²) in [6, 6.07) is 16.9. The van der Waals surface area contributed by atoms with E-state index >= 15 is 0 Å². The maximum absolute atomic E-state index is 12.9. The summed E-state index contributed by atoms with van der Waals surface area (Å²) in [5, 5.41) is 5.85. The minimum atomic E-state index is -0.385. The molecule has 0 radical (unpaired) electrons. The zero-order chi connectivity index (χ0) is 17.6. The maximum Gasteiger partial charge on any atom is 0.274 e. The van der Waals surface area contributed by atoms with Crippen molar-refractivity contribution in [2.24, 2.45) is 0 Å². The Labute approximate surface area is 145 Å². The highest BCUT2D eigenvalue weighted by atomic mass is 19.1. The minimum Gasteiger partial charge on any atom is -0.348 e. The smallest absolute Gasteiger partial charge is 0.274 e. The van der Waals surface area contributed by atoms with Crippen molar-refractivity contribution in [1.29, 1.82) is 0 Å². The normalized spacial score (nSPS) is 11.6. The molecule has 0 aliphatic carbocycles. The van der Waals surface area contributed by atoms with Crippen LogP contribution in [0.1, 0.15) is 29.0 Å². The summed E-state index contributed by atoms with van der Waals surface area (Å²) >= 11 is 0. The lowest BCUT2D eigenvalue weighted by atomic mass is 10.1. The number of hydrogen-bond acceptors (Lipinski definition) is 4. The number of amides is 1. The first kappa shape index (κ1) is 16.6. The largest absolute Gasteiger partial charge is 0.348 e. The Kier molecular flexibility index (Phi) is 4.99. The molecular weight excluding hydrogens is 319 g/mol. The van der Waals surface area contributed by atoms with Crippen LogP contribution in [0.4, 0.5) is 16.0 Å². The van der Waals surface area contributed by atoms with E-state index in [9.17, 15) is 9.18 Å². The van der Waals surface area contributed by atoms with Gasteiger partial charge in [-0.3, -0.25) is 4.79 Å². The van der Waals surface area contributed by atoms with Gasteiger partial charge in [0.05, 0.1) is 6.04 Å². The minimum absolute atomic E-state index is 0.00314. The molecule has 2 N–H and O–H groups in total. The van der Waals surface area contributed by atoms with Crippen LogP contribution in [0.25, 0.3) is 0 Å². The van der Waals surface area contributed by atoms with Gasteiger partial charge < -0.3 is 10.6 Å². The van der Waals surface area contributed by atoms with Gasteiger partial charge in [-0.2, -0.15) is 0 Å². The van der Waals surface area contributed by atoms with Gasteiger partial charge in [0.1, 0.15) is 11.5 Å². The molecule has 0 aliphatic heterocycles. The number of hydrogen-bond donors (Lipinski definition) is 2. The number of anilines is 2. The highest BCUT2D eigenvalue weighted by molar-refractivity contribution is 6.02. The third-order valence-corrected chi connectivity index (χ3v) is 3.64. The van der Waals surface area contributed by atoms with Crippen LogP contribution < -0.4 is 10.6 Å². The van der Waals surface area contributed by atoms with Crippen molar-refractivity contribution in [3.8, 4) is 0 Å². The molecule has 1 heterocycles. The van der Waals surface area contributed by atoms with E-state index in [1.54, 1.807) is 0 Å². The van der Waals surface area contributed by atoms with Gasteiger partial charge in [0.25, 0.3) is 5.91 Å². The van der Waals surface area contributed by atoms with E-state index in [1.165, 1.54) is 36.5 Å². The van der Waals surface area contributed by atoms with Crippen molar-refractivity contribution in [1.82, 2.24) is 9.97 Å². The number of halogens is 1. The quantitative estimate of drug-likeness (QED) is 0.738. The molecule has 25 heavy (non-hydrogen) atoms. The molecule has 1 amide bonds. The van der Waals surface area contributed by atoms with Gasteiger partial charge in [-0.25, -0.2) is 14.4 Å². The van der Waals surface area contributed by atoms with Gasteiger partial charge in [0.15, 0.2) is 0 Å². The zero-order valence-electron chi connectivity index (χ0n) is 13.6. The van der Waals surface area contributed by atoms with E-state index in [1.807, 2.05) is 37.3 Å². The second kappa shape index (κ2) is 7.53. The van der Waals surface area contributed by atoms with Gasteiger partial charge in [-0.1, -0.05) is 30.3 Å². The van der Waals surface area contributed by atoms with Crippen molar-refractivity contribution in [2.45, 2.75) is 13.0 Å². The molecule has 1 aromatic heterocycles. The molecule has 0 saturated carbocycles. The molecular formula is C19H17FN4O. The van der Waals surface area contributed by atoms with Gasteiger partial charge >= 0.3 is 0 Å². The molecule has 1 unspecified atom stereocenters. The Morgan fingerprint density at radius 3 is 2.48 bits per heavy atom. The molecule has 3 rings (SSSR count). The number of carbonyl (C=O) groups is 1. The lowest BCUT2D eigenvalue weighted by Crippen LogP contribution is -2.16. The number of rotatable bonds is 5. The predicted molar refractivity (Wildman–Crippen MR) is 94.9 cm³/mol. The Hall–Kier alpha value is -3.28. The molecule has 0 aliphatic rings. The first-order chi connectivity index (χ1) is 12.1. The average molecular weight is 336 g/mol. The van der Waals surface area contributed by atoms with E-state index in [4.69, 9.17) is 0 Å². The summed E-state index contributed by atoms with van der Waals surface area (Å²) in [5.74, 6) is -0.381. The number of nitrogens with zero attached hydrogens (tertiary/aromatic N) is 2. The van der Waals surface area contributed by atoms with Crippen LogP contribution >= 0.6 is 0 Å². The molecule has 5 nitrogen and oxygen atoms in total. The van der Waals surface area contributed by atoms with Crippen LogP contribution in [-0.2, 0) is 0 Å². The summed E-state index contributed by atoms with van der Waals surface area (Å²) in [6.45, 7) is 1.99. The van der Waals surface area contributed by atoms with Crippen molar-refractivity contribution < 1.29 is 9.18 Å².